The van der Waals surface area contributed by atoms with Gasteiger partial charge >= 0.3 is 11.9 Å². The molecule has 0 fully saturated rings. The summed E-state index contributed by atoms with van der Waals surface area (Å²) >= 11 is 3.16. The number of rotatable bonds is 7. The standard InChI is InChI=1S/C23H24N2O4S2/c1-4-29-22(28)19-14(2)24-23(25-20(19)16-9-11-18(30-3)12-10-16)31-13-15-5-7-17(8-6-15)21(26)27/h5-12,20H,4,13H2,1-3H3,(H,24,25)(H,26,27)/t20-/m0/s1. The van der Waals surface area contributed by atoms with Crippen molar-refractivity contribution in [2.75, 3.05) is 12.9 Å². The lowest BCUT2D eigenvalue weighted by Gasteiger charge is -2.26. The third-order valence-corrected chi connectivity index (χ3v) is 6.42. The van der Waals surface area contributed by atoms with Gasteiger partial charge < -0.3 is 15.2 Å². The van der Waals surface area contributed by atoms with Crippen LogP contribution in [0.25, 0.3) is 0 Å². The molecule has 0 bridgehead atoms. The molecule has 0 unspecified atom stereocenters. The minimum atomic E-state index is -0.944. The molecule has 2 aromatic rings. The number of ether oxygens (including phenoxy) is 1. The predicted octanol–water partition coefficient (Wildman–Crippen LogP) is 4.88. The minimum Gasteiger partial charge on any atom is -0.478 e. The topological polar surface area (TPSA) is 88.0 Å². The zero-order chi connectivity index (χ0) is 22.4. The van der Waals surface area contributed by atoms with Crippen molar-refractivity contribution in [1.82, 2.24) is 5.32 Å². The van der Waals surface area contributed by atoms with Crippen LogP contribution in [0.3, 0.4) is 0 Å². The fraction of sp³-hybridized carbons (Fsp3) is 0.261. The second-order valence-electron chi connectivity index (χ2n) is 6.78. The molecule has 1 heterocycles. The average Bonchev–Trinajstić information content (AvgIpc) is 2.77. The molecule has 2 aromatic carbocycles. The molecule has 0 radical (unpaired) electrons. The largest absolute Gasteiger partial charge is 0.478 e. The van der Waals surface area contributed by atoms with Crippen LogP contribution < -0.4 is 5.32 Å². The van der Waals surface area contributed by atoms with Crippen molar-refractivity contribution < 1.29 is 19.4 Å². The molecule has 1 aliphatic heterocycles. The summed E-state index contributed by atoms with van der Waals surface area (Å²) in [6, 6.07) is 14.3. The SMILES string of the molecule is CCOC(=O)C1=C(C)NC(SCc2ccc(C(=O)O)cc2)=N[C@H]1c1ccc(SC)cc1. The Kier molecular flexibility index (Phi) is 7.81. The molecule has 0 spiro atoms. The van der Waals surface area contributed by atoms with Crippen LogP contribution >= 0.6 is 23.5 Å². The number of carbonyl (C=O) groups is 2. The van der Waals surface area contributed by atoms with Crippen LogP contribution in [0, 0.1) is 0 Å². The molecule has 2 N–H and O–H groups in total. The maximum absolute atomic E-state index is 12.6. The van der Waals surface area contributed by atoms with Gasteiger partial charge in [0.2, 0.25) is 0 Å². The molecule has 162 valence electrons. The van der Waals surface area contributed by atoms with E-state index in [4.69, 9.17) is 14.8 Å². The summed E-state index contributed by atoms with van der Waals surface area (Å²) in [7, 11) is 0. The Balaban J connectivity index is 1.84. The van der Waals surface area contributed by atoms with E-state index in [1.54, 1.807) is 43.0 Å². The first-order chi connectivity index (χ1) is 14.9. The zero-order valence-electron chi connectivity index (χ0n) is 17.5. The molecule has 6 nitrogen and oxygen atoms in total. The third-order valence-electron chi connectivity index (χ3n) is 4.72. The van der Waals surface area contributed by atoms with Crippen molar-refractivity contribution in [2.45, 2.75) is 30.5 Å². The number of carboxylic acid groups (broad SMARTS) is 1. The number of hydrogen-bond acceptors (Lipinski definition) is 7. The Morgan fingerprint density at radius 1 is 1.13 bits per heavy atom. The van der Waals surface area contributed by atoms with Gasteiger partial charge in [0, 0.05) is 16.3 Å². The van der Waals surface area contributed by atoms with Crippen molar-refractivity contribution in [3.8, 4) is 0 Å². The number of aliphatic imine (C=N–C) groups is 1. The van der Waals surface area contributed by atoms with E-state index in [2.05, 4.69) is 5.32 Å². The molecule has 0 saturated heterocycles. The normalized spacial score (nSPS) is 15.8. The number of nitrogens with zero attached hydrogens (tertiary/aromatic N) is 1. The Morgan fingerprint density at radius 2 is 1.81 bits per heavy atom. The number of aromatic carboxylic acids is 1. The Morgan fingerprint density at radius 3 is 2.39 bits per heavy atom. The van der Waals surface area contributed by atoms with E-state index < -0.39 is 12.0 Å². The molecule has 0 aliphatic carbocycles. The van der Waals surface area contributed by atoms with Gasteiger partial charge in [-0.3, -0.25) is 0 Å². The Hall–Kier alpha value is -2.71. The molecule has 0 amide bonds. The second-order valence-corrected chi connectivity index (χ2v) is 8.63. The number of esters is 1. The molecule has 8 heteroatoms. The lowest BCUT2D eigenvalue weighted by atomic mass is 9.97. The molecule has 3 rings (SSSR count). The van der Waals surface area contributed by atoms with Crippen LogP contribution in [0.4, 0.5) is 0 Å². The van der Waals surface area contributed by atoms with Gasteiger partial charge in [-0.25, -0.2) is 14.6 Å². The number of benzene rings is 2. The second kappa shape index (κ2) is 10.5. The lowest BCUT2D eigenvalue weighted by molar-refractivity contribution is -0.138. The highest BCUT2D eigenvalue weighted by Gasteiger charge is 2.30. The summed E-state index contributed by atoms with van der Waals surface area (Å²) in [5, 5.41) is 13.0. The van der Waals surface area contributed by atoms with Crippen molar-refractivity contribution in [2.24, 2.45) is 4.99 Å². The van der Waals surface area contributed by atoms with Crippen LogP contribution in [0.15, 0.2) is 69.7 Å². The molecule has 1 aliphatic rings. The fourth-order valence-corrected chi connectivity index (χ4v) is 4.43. The molecule has 0 saturated carbocycles. The quantitative estimate of drug-likeness (QED) is 0.454. The van der Waals surface area contributed by atoms with Gasteiger partial charge in [-0.05, 0) is 55.5 Å². The van der Waals surface area contributed by atoms with E-state index >= 15 is 0 Å². The smallest absolute Gasteiger partial charge is 0.338 e. The highest BCUT2D eigenvalue weighted by molar-refractivity contribution is 8.13. The summed E-state index contributed by atoms with van der Waals surface area (Å²) in [5.41, 5.74) is 3.39. The van der Waals surface area contributed by atoms with E-state index in [1.165, 1.54) is 11.8 Å². The molecule has 0 aromatic heterocycles. The molecular weight excluding hydrogens is 432 g/mol. The molecule has 1 atom stereocenters. The number of carbonyl (C=O) groups excluding carboxylic acids is 1. The maximum atomic E-state index is 12.6. The number of thioether (sulfide) groups is 2. The predicted molar refractivity (Wildman–Crippen MR) is 126 cm³/mol. The van der Waals surface area contributed by atoms with Gasteiger partial charge in [0.1, 0.15) is 6.04 Å². The zero-order valence-corrected chi connectivity index (χ0v) is 19.2. The van der Waals surface area contributed by atoms with Gasteiger partial charge in [0.05, 0.1) is 17.7 Å². The number of carboxylic acids is 1. The van der Waals surface area contributed by atoms with E-state index in [0.29, 0.717) is 23.1 Å². The first-order valence-electron chi connectivity index (χ1n) is 9.74. The maximum Gasteiger partial charge on any atom is 0.338 e. The van der Waals surface area contributed by atoms with Crippen LogP contribution in [0.5, 0.6) is 0 Å². The van der Waals surface area contributed by atoms with Gasteiger partial charge in [0.15, 0.2) is 5.17 Å². The van der Waals surface area contributed by atoms with Crippen molar-refractivity contribution in [3.63, 3.8) is 0 Å². The van der Waals surface area contributed by atoms with E-state index in [1.807, 2.05) is 37.4 Å². The van der Waals surface area contributed by atoms with E-state index in [-0.39, 0.29) is 11.5 Å². The van der Waals surface area contributed by atoms with Gasteiger partial charge in [-0.15, -0.1) is 11.8 Å². The van der Waals surface area contributed by atoms with Crippen molar-refractivity contribution >= 4 is 40.6 Å². The average molecular weight is 457 g/mol. The van der Waals surface area contributed by atoms with E-state index in [9.17, 15) is 9.59 Å². The fourth-order valence-electron chi connectivity index (χ4n) is 3.12. The number of nitrogens with one attached hydrogen (secondary N) is 1. The lowest BCUT2D eigenvalue weighted by Crippen LogP contribution is -2.30. The summed E-state index contributed by atoms with van der Waals surface area (Å²) in [6.07, 6.45) is 2.02. The van der Waals surface area contributed by atoms with E-state index in [0.717, 1.165) is 21.7 Å². The summed E-state index contributed by atoms with van der Waals surface area (Å²) in [6.45, 7) is 3.93. The first-order valence-corrected chi connectivity index (χ1v) is 12.0. The van der Waals surface area contributed by atoms with Crippen LogP contribution in [0.1, 0.15) is 41.4 Å². The summed E-state index contributed by atoms with van der Waals surface area (Å²) < 4.78 is 5.28. The molecule has 31 heavy (non-hydrogen) atoms. The number of amidine groups is 1. The van der Waals surface area contributed by atoms with Gasteiger partial charge in [0.25, 0.3) is 0 Å². The number of hydrogen-bond donors (Lipinski definition) is 2. The highest BCUT2D eigenvalue weighted by atomic mass is 32.2. The van der Waals surface area contributed by atoms with Crippen molar-refractivity contribution in [1.29, 1.82) is 0 Å². The molecular formula is C23H24N2O4S2. The first kappa shape index (κ1) is 23.0. The van der Waals surface area contributed by atoms with Crippen LogP contribution in [0.2, 0.25) is 0 Å². The minimum absolute atomic E-state index is 0.258. The van der Waals surface area contributed by atoms with Gasteiger partial charge in [-0.1, -0.05) is 36.0 Å². The Bertz CT molecular complexity index is 1010. The van der Waals surface area contributed by atoms with Crippen molar-refractivity contribution in [3.05, 3.63) is 76.5 Å². The highest BCUT2D eigenvalue weighted by Crippen LogP contribution is 2.34. The monoisotopic (exact) mass is 456 g/mol. The summed E-state index contributed by atoms with van der Waals surface area (Å²) in [5.74, 6) is -0.699. The summed E-state index contributed by atoms with van der Waals surface area (Å²) in [4.78, 5) is 29.6. The number of allylic oxidation sites excluding steroid dienone is 1. The van der Waals surface area contributed by atoms with Gasteiger partial charge in [-0.2, -0.15) is 0 Å². The van der Waals surface area contributed by atoms with Crippen LogP contribution in [-0.4, -0.2) is 35.1 Å². The Labute approximate surface area is 190 Å². The van der Waals surface area contributed by atoms with Crippen LogP contribution in [-0.2, 0) is 15.3 Å². The third kappa shape index (κ3) is 5.71.